The van der Waals surface area contributed by atoms with Gasteiger partial charge in [-0.2, -0.15) is 0 Å². The van der Waals surface area contributed by atoms with E-state index in [2.05, 4.69) is 19.9 Å². The van der Waals surface area contributed by atoms with Crippen LogP contribution in [-0.4, -0.2) is 22.4 Å². The van der Waals surface area contributed by atoms with Crippen molar-refractivity contribution in [2.45, 2.75) is 84.3 Å². The number of aliphatic hydroxyl groups excluding tert-OH is 2. The Hall–Kier alpha value is -0.340. The number of fused-ring (bicyclic) bond motifs is 5. The largest absolute Gasteiger partial charge is 0.393 e. The molecule has 0 radical (unpaired) electrons. The Labute approximate surface area is 141 Å². The molecule has 0 aromatic heterocycles. The third kappa shape index (κ3) is 2.20. The molecule has 4 aliphatic rings. The molecule has 130 valence electrons. The Morgan fingerprint density at radius 3 is 2.57 bits per heavy atom. The molecule has 2 N–H and O–H groups in total. The molecule has 0 bridgehead atoms. The second-order valence-corrected chi connectivity index (χ2v) is 9.60. The van der Waals surface area contributed by atoms with Crippen molar-refractivity contribution < 1.29 is 10.2 Å². The number of aliphatic hydroxyl groups is 2. The Bertz CT molecular complexity index is 510. The Balaban J connectivity index is 1.64. The molecular weight excluding hydrogens is 284 g/mol. The lowest BCUT2D eigenvalue weighted by Gasteiger charge is -2.58. The van der Waals surface area contributed by atoms with E-state index >= 15 is 0 Å². The number of hydrogen-bond donors (Lipinski definition) is 2. The summed E-state index contributed by atoms with van der Waals surface area (Å²) in [6, 6.07) is 0. The second kappa shape index (κ2) is 5.33. The molecule has 23 heavy (non-hydrogen) atoms. The topological polar surface area (TPSA) is 40.5 Å². The van der Waals surface area contributed by atoms with E-state index in [0.29, 0.717) is 16.7 Å². The summed E-state index contributed by atoms with van der Waals surface area (Å²) in [5.41, 5.74) is 2.26. The molecule has 3 unspecified atom stereocenters. The monoisotopic (exact) mass is 318 g/mol. The first-order valence-corrected chi connectivity index (χ1v) is 9.93. The van der Waals surface area contributed by atoms with Gasteiger partial charge in [0.25, 0.3) is 0 Å². The normalized spacial score (nSPS) is 53.8. The highest BCUT2D eigenvalue weighted by molar-refractivity contribution is 5.25. The summed E-state index contributed by atoms with van der Waals surface area (Å²) in [7, 11) is 0. The molecule has 3 fully saturated rings. The van der Waals surface area contributed by atoms with Gasteiger partial charge in [-0.05, 0) is 92.8 Å². The fraction of sp³-hybridized carbons (Fsp3) is 0.905. The van der Waals surface area contributed by atoms with Crippen molar-refractivity contribution in [2.24, 2.45) is 34.5 Å². The van der Waals surface area contributed by atoms with Crippen molar-refractivity contribution in [3.63, 3.8) is 0 Å². The molecule has 4 aliphatic carbocycles. The molecule has 0 amide bonds. The first kappa shape index (κ1) is 16.1. The molecule has 0 aliphatic heterocycles. The highest BCUT2D eigenvalue weighted by atomic mass is 16.3. The van der Waals surface area contributed by atoms with Crippen LogP contribution < -0.4 is 0 Å². The van der Waals surface area contributed by atoms with Crippen molar-refractivity contribution in [2.75, 3.05) is 0 Å². The minimum atomic E-state index is -0.199. The minimum absolute atomic E-state index is 0.152. The quantitative estimate of drug-likeness (QED) is 0.707. The van der Waals surface area contributed by atoms with Gasteiger partial charge in [0.1, 0.15) is 0 Å². The summed E-state index contributed by atoms with van der Waals surface area (Å²) in [4.78, 5) is 0. The Morgan fingerprint density at radius 2 is 1.83 bits per heavy atom. The molecule has 8 atom stereocenters. The van der Waals surface area contributed by atoms with E-state index in [1.165, 1.54) is 44.9 Å². The van der Waals surface area contributed by atoms with E-state index in [1.54, 1.807) is 5.57 Å². The predicted molar refractivity (Wildman–Crippen MR) is 92.9 cm³/mol. The maximum atomic E-state index is 10.3. The van der Waals surface area contributed by atoms with Gasteiger partial charge in [-0.1, -0.05) is 25.5 Å². The highest BCUT2D eigenvalue weighted by Gasteiger charge is 2.59. The fourth-order valence-electron chi connectivity index (χ4n) is 7.54. The predicted octanol–water partition coefficient (Wildman–Crippen LogP) is 4.31. The Morgan fingerprint density at radius 1 is 1.04 bits per heavy atom. The third-order valence-electron chi connectivity index (χ3n) is 8.74. The van der Waals surface area contributed by atoms with Gasteiger partial charge < -0.3 is 10.2 Å². The first-order chi connectivity index (χ1) is 10.9. The van der Waals surface area contributed by atoms with Gasteiger partial charge in [0.05, 0.1) is 12.2 Å². The van der Waals surface area contributed by atoms with Gasteiger partial charge in [-0.15, -0.1) is 0 Å². The summed E-state index contributed by atoms with van der Waals surface area (Å²) in [5, 5.41) is 20.3. The van der Waals surface area contributed by atoms with Gasteiger partial charge in [0.2, 0.25) is 0 Å². The summed E-state index contributed by atoms with van der Waals surface area (Å²) in [5.74, 6) is 2.97. The van der Waals surface area contributed by atoms with Crippen LogP contribution >= 0.6 is 0 Å². The molecule has 0 aromatic rings. The summed E-state index contributed by atoms with van der Waals surface area (Å²) in [6.45, 7) is 6.98. The molecule has 4 rings (SSSR count). The SMILES string of the molecule is CC(O)[C@H]1CC[C@H]2[C@@H]3CCC4=CC(O)CC[C@@]4(C)[C@@H]3CCC12C. The van der Waals surface area contributed by atoms with Gasteiger partial charge >= 0.3 is 0 Å². The summed E-state index contributed by atoms with van der Waals surface area (Å²) in [6.07, 6.45) is 11.6. The second-order valence-electron chi connectivity index (χ2n) is 9.60. The van der Waals surface area contributed by atoms with Crippen LogP contribution in [0.15, 0.2) is 11.6 Å². The molecule has 0 heterocycles. The van der Waals surface area contributed by atoms with Crippen molar-refractivity contribution in [3.05, 3.63) is 11.6 Å². The standard InChI is InChI=1S/C21H34O2/c1-13(22)17-6-7-18-16-5-4-14-12-15(23)8-10-20(14,2)19(16)9-11-21(17,18)3/h12-13,15-19,22-23H,4-11H2,1-3H3/t13?,15?,16-,17+,18-,19+,20+,21?/m0/s1. The number of allylic oxidation sites excluding steroid dienone is 1. The average molecular weight is 319 g/mol. The van der Waals surface area contributed by atoms with E-state index in [9.17, 15) is 10.2 Å². The fourth-order valence-corrected chi connectivity index (χ4v) is 7.54. The lowest BCUT2D eigenvalue weighted by atomic mass is 9.46. The highest BCUT2D eigenvalue weighted by Crippen LogP contribution is 2.67. The zero-order chi connectivity index (χ0) is 16.4. The van der Waals surface area contributed by atoms with Crippen LogP contribution in [-0.2, 0) is 0 Å². The maximum Gasteiger partial charge on any atom is 0.0724 e. The van der Waals surface area contributed by atoms with Crippen molar-refractivity contribution >= 4 is 0 Å². The van der Waals surface area contributed by atoms with E-state index in [-0.39, 0.29) is 12.2 Å². The lowest BCUT2D eigenvalue weighted by molar-refractivity contribution is -0.0725. The molecule has 3 saturated carbocycles. The zero-order valence-electron chi connectivity index (χ0n) is 15.1. The molecule has 0 aromatic carbocycles. The van der Waals surface area contributed by atoms with Gasteiger partial charge in [0, 0.05) is 0 Å². The third-order valence-corrected chi connectivity index (χ3v) is 8.74. The van der Waals surface area contributed by atoms with E-state index in [0.717, 1.165) is 24.2 Å². The van der Waals surface area contributed by atoms with Crippen molar-refractivity contribution in [3.8, 4) is 0 Å². The van der Waals surface area contributed by atoms with Crippen LogP contribution in [0, 0.1) is 34.5 Å². The van der Waals surface area contributed by atoms with Gasteiger partial charge in [0.15, 0.2) is 0 Å². The average Bonchev–Trinajstić information content (AvgIpc) is 2.85. The van der Waals surface area contributed by atoms with Gasteiger partial charge in [-0.3, -0.25) is 0 Å². The summed E-state index contributed by atoms with van der Waals surface area (Å²) < 4.78 is 0. The molecular formula is C21H34O2. The number of hydrogen-bond acceptors (Lipinski definition) is 2. The summed E-state index contributed by atoms with van der Waals surface area (Å²) >= 11 is 0. The van der Waals surface area contributed by atoms with Crippen LogP contribution in [0.3, 0.4) is 0 Å². The van der Waals surface area contributed by atoms with Crippen LogP contribution in [0.25, 0.3) is 0 Å². The van der Waals surface area contributed by atoms with E-state index in [4.69, 9.17) is 0 Å². The maximum absolute atomic E-state index is 10.3. The molecule has 2 heteroatoms. The lowest BCUT2D eigenvalue weighted by Crippen LogP contribution is -2.51. The molecule has 2 nitrogen and oxygen atoms in total. The first-order valence-electron chi connectivity index (χ1n) is 9.93. The Kier molecular flexibility index (Phi) is 3.74. The molecule has 0 spiro atoms. The molecule has 0 saturated heterocycles. The zero-order valence-corrected chi connectivity index (χ0v) is 15.1. The van der Waals surface area contributed by atoms with Crippen LogP contribution in [0.2, 0.25) is 0 Å². The van der Waals surface area contributed by atoms with Crippen LogP contribution in [0.1, 0.15) is 72.1 Å². The number of rotatable bonds is 1. The smallest absolute Gasteiger partial charge is 0.0724 e. The van der Waals surface area contributed by atoms with E-state index in [1.807, 2.05) is 6.92 Å². The van der Waals surface area contributed by atoms with Crippen LogP contribution in [0.5, 0.6) is 0 Å². The van der Waals surface area contributed by atoms with Crippen molar-refractivity contribution in [1.29, 1.82) is 0 Å². The van der Waals surface area contributed by atoms with Crippen LogP contribution in [0.4, 0.5) is 0 Å². The van der Waals surface area contributed by atoms with Gasteiger partial charge in [-0.25, -0.2) is 0 Å². The van der Waals surface area contributed by atoms with E-state index < -0.39 is 0 Å². The minimum Gasteiger partial charge on any atom is -0.393 e. The van der Waals surface area contributed by atoms with Crippen molar-refractivity contribution in [1.82, 2.24) is 0 Å².